The van der Waals surface area contributed by atoms with Crippen LogP contribution < -0.4 is 5.46 Å². The highest BCUT2D eigenvalue weighted by atomic mass is 19.1. The van der Waals surface area contributed by atoms with Crippen LogP contribution >= 0.6 is 0 Å². The molecule has 0 aromatic heterocycles. The highest BCUT2D eigenvalue weighted by Gasteiger charge is 2.09. The summed E-state index contributed by atoms with van der Waals surface area (Å²) in [6.45, 7) is 0.0944. The highest BCUT2D eigenvalue weighted by Crippen LogP contribution is 2.08. The lowest BCUT2D eigenvalue weighted by molar-refractivity contribution is 0.129. The molecule has 2 aromatic rings. The van der Waals surface area contributed by atoms with Gasteiger partial charge >= 0.3 is 7.48 Å². The van der Waals surface area contributed by atoms with Gasteiger partial charge in [-0.3, -0.25) is 0 Å². The second-order valence-corrected chi connectivity index (χ2v) is 4.45. The molecule has 2 aromatic carbocycles. The van der Waals surface area contributed by atoms with Gasteiger partial charge < -0.3 is 9.59 Å². The Kier molecular flexibility index (Phi) is 3.96. The fourth-order valence-corrected chi connectivity index (χ4v) is 1.89. The zero-order valence-electron chi connectivity index (χ0n) is 11.1. The average molecular weight is 281 g/mol. The van der Waals surface area contributed by atoms with Crippen molar-refractivity contribution in [2.75, 3.05) is 0 Å². The molecule has 0 unspecified atom stereocenters. The van der Waals surface area contributed by atoms with Gasteiger partial charge in [0.2, 0.25) is 0 Å². The summed E-state index contributed by atoms with van der Waals surface area (Å²) in [5.41, 5.74) is 3.23. The minimum absolute atomic E-state index is 0.0944. The van der Waals surface area contributed by atoms with Crippen LogP contribution in [0.2, 0.25) is 0 Å². The molecule has 0 saturated heterocycles. The minimum Gasteiger partial charge on any atom is -0.468 e. The molecule has 4 nitrogen and oxygen atoms in total. The van der Waals surface area contributed by atoms with Crippen molar-refractivity contribution in [2.24, 2.45) is 10.3 Å². The quantitative estimate of drug-likeness (QED) is 0.488. The molecule has 103 valence electrons. The van der Waals surface area contributed by atoms with Gasteiger partial charge in [0.25, 0.3) is 0 Å². The van der Waals surface area contributed by atoms with E-state index in [2.05, 4.69) is 10.3 Å². The smallest absolute Gasteiger partial charge is 0.449 e. The summed E-state index contributed by atoms with van der Waals surface area (Å²) < 4.78 is 18.2. The number of hydrogen-bond acceptors (Lipinski definition) is 4. The molecule has 1 aliphatic heterocycles. The molecule has 0 N–H and O–H groups in total. The summed E-state index contributed by atoms with van der Waals surface area (Å²) in [6.07, 6.45) is 3.21. The van der Waals surface area contributed by atoms with Gasteiger partial charge in [-0.05, 0) is 28.7 Å². The molecule has 1 radical (unpaired) electrons. The third-order valence-corrected chi connectivity index (χ3v) is 3.00. The van der Waals surface area contributed by atoms with E-state index in [1.54, 1.807) is 38.1 Å². The molecule has 0 spiro atoms. The molecule has 0 atom stereocenters. The SMILES string of the molecule is Fc1ccccc1CO/N=C/c1ccc2c(c1)C=NO[B]2. The lowest BCUT2D eigenvalue weighted by Gasteiger charge is -2.08. The maximum atomic E-state index is 13.4. The van der Waals surface area contributed by atoms with Gasteiger partial charge in [0.05, 0.1) is 12.4 Å². The Morgan fingerprint density at radius 2 is 2.19 bits per heavy atom. The van der Waals surface area contributed by atoms with Crippen molar-refractivity contribution in [1.82, 2.24) is 0 Å². The maximum absolute atomic E-state index is 13.4. The topological polar surface area (TPSA) is 43.2 Å². The van der Waals surface area contributed by atoms with E-state index in [1.807, 2.05) is 18.2 Å². The van der Waals surface area contributed by atoms with Crippen molar-refractivity contribution in [2.45, 2.75) is 6.61 Å². The van der Waals surface area contributed by atoms with E-state index in [9.17, 15) is 4.39 Å². The van der Waals surface area contributed by atoms with E-state index in [1.165, 1.54) is 6.07 Å². The number of halogens is 1. The average Bonchev–Trinajstić information content (AvgIpc) is 2.53. The Bertz CT molecular complexity index is 704. The second-order valence-electron chi connectivity index (χ2n) is 4.45. The Labute approximate surface area is 122 Å². The summed E-state index contributed by atoms with van der Waals surface area (Å²) in [4.78, 5) is 5.11. The summed E-state index contributed by atoms with van der Waals surface area (Å²) in [5.74, 6) is -0.298. The number of nitrogens with zero attached hydrogens (tertiary/aromatic N) is 2. The third-order valence-electron chi connectivity index (χ3n) is 3.00. The Morgan fingerprint density at radius 1 is 1.29 bits per heavy atom. The predicted octanol–water partition coefficient (Wildman–Crippen LogP) is 1.98. The second kappa shape index (κ2) is 6.22. The summed E-state index contributed by atoms with van der Waals surface area (Å²) >= 11 is 0. The fraction of sp³-hybridized carbons (Fsp3) is 0.0667. The molecule has 1 heterocycles. The molecule has 0 fully saturated rings. The monoisotopic (exact) mass is 281 g/mol. The molecule has 6 heteroatoms. The van der Waals surface area contributed by atoms with Gasteiger partial charge in [-0.25, -0.2) is 4.39 Å². The minimum atomic E-state index is -0.298. The van der Waals surface area contributed by atoms with Crippen LogP contribution in [0.1, 0.15) is 16.7 Å². The van der Waals surface area contributed by atoms with Crippen molar-refractivity contribution in [1.29, 1.82) is 0 Å². The first-order chi connectivity index (χ1) is 10.3. The normalized spacial score (nSPS) is 12.6. The van der Waals surface area contributed by atoms with Crippen molar-refractivity contribution in [3.63, 3.8) is 0 Å². The highest BCUT2D eigenvalue weighted by molar-refractivity contribution is 6.49. The molecule has 0 amide bonds. The largest absolute Gasteiger partial charge is 0.468 e. The van der Waals surface area contributed by atoms with Crippen molar-refractivity contribution in [3.8, 4) is 0 Å². The first-order valence-corrected chi connectivity index (χ1v) is 6.38. The van der Waals surface area contributed by atoms with Gasteiger partial charge in [-0.2, -0.15) is 0 Å². The van der Waals surface area contributed by atoms with Gasteiger partial charge in [-0.15, -0.1) is 5.16 Å². The molecular formula is C15H11BFN2O2. The molecule has 1 aliphatic rings. The van der Waals surface area contributed by atoms with E-state index in [0.29, 0.717) is 5.56 Å². The van der Waals surface area contributed by atoms with Crippen LogP contribution in [0.3, 0.4) is 0 Å². The zero-order chi connectivity index (χ0) is 14.5. The fourth-order valence-electron chi connectivity index (χ4n) is 1.89. The molecule has 0 saturated carbocycles. The van der Waals surface area contributed by atoms with Crippen LogP contribution in [-0.4, -0.2) is 19.9 Å². The van der Waals surface area contributed by atoms with E-state index in [-0.39, 0.29) is 12.4 Å². The Hall–Kier alpha value is -2.63. The number of fused-ring (bicyclic) bond motifs is 1. The lowest BCUT2D eigenvalue weighted by Crippen LogP contribution is -2.24. The standard InChI is InChI=1S/C15H11BFN2O2/c17-15-4-2-1-3-12(15)10-20-18-8-11-5-6-14-13(7-11)9-19-21-16-14/h1-9H,10H2/b18-8+. The molecule has 0 bridgehead atoms. The first kappa shape index (κ1) is 13.4. The van der Waals surface area contributed by atoms with Crippen molar-refractivity contribution >= 4 is 25.4 Å². The van der Waals surface area contributed by atoms with Crippen molar-refractivity contribution in [3.05, 3.63) is 65.0 Å². The Morgan fingerprint density at radius 3 is 3.10 bits per heavy atom. The van der Waals surface area contributed by atoms with E-state index in [0.717, 1.165) is 16.6 Å². The predicted molar refractivity (Wildman–Crippen MR) is 79.3 cm³/mol. The Balaban J connectivity index is 1.62. The van der Waals surface area contributed by atoms with E-state index in [4.69, 9.17) is 9.59 Å². The van der Waals surface area contributed by atoms with Gasteiger partial charge in [-0.1, -0.05) is 35.5 Å². The third kappa shape index (κ3) is 3.28. The van der Waals surface area contributed by atoms with E-state index >= 15 is 0 Å². The summed E-state index contributed by atoms with van der Waals surface area (Å²) in [7, 11) is 1.57. The van der Waals surface area contributed by atoms with Crippen LogP contribution in [0.15, 0.2) is 52.8 Å². The van der Waals surface area contributed by atoms with Gasteiger partial charge in [0.15, 0.2) is 0 Å². The van der Waals surface area contributed by atoms with E-state index < -0.39 is 0 Å². The number of rotatable bonds is 4. The van der Waals surface area contributed by atoms with Gasteiger partial charge in [0, 0.05) is 5.56 Å². The molecule has 0 aliphatic carbocycles. The van der Waals surface area contributed by atoms with Crippen LogP contribution in [0.5, 0.6) is 0 Å². The number of benzene rings is 2. The zero-order valence-corrected chi connectivity index (χ0v) is 11.1. The van der Waals surface area contributed by atoms with Gasteiger partial charge in [0.1, 0.15) is 12.4 Å². The maximum Gasteiger partial charge on any atom is 0.449 e. The van der Waals surface area contributed by atoms with Crippen LogP contribution in [0, 0.1) is 5.82 Å². The van der Waals surface area contributed by atoms with Crippen molar-refractivity contribution < 1.29 is 14.0 Å². The number of hydrogen-bond donors (Lipinski definition) is 0. The molecule has 3 rings (SSSR count). The van der Waals surface area contributed by atoms with Crippen LogP contribution in [-0.2, 0) is 16.2 Å². The summed E-state index contributed by atoms with van der Waals surface area (Å²) in [5, 5.41) is 7.56. The number of oxime groups is 2. The first-order valence-electron chi connectivity index (χ1n) is 6.38. The van der Waals surface area contributed by atoms with Crippen LogP contribution in [0.25, 0.3) is 0 Å². The lowest BCUT2D eigenvalue weighted by atomic mass is 9.83. The van der Waals surface area contributed by atoms with Crippen LogP contribution in [0.4, 0.5) is 4.39 Å². The summed E-state index contributed by atoms with van der Waals surface area (Å²) in [6, 6.07) is 12.1. The molecular weight excluding hydrogens is 270 g/mol. The molecule has 21 heavy (non-hydrogen) atoms.